The highest BCUT2D eigenvalue weighted by molar-refractivity contribution is 6.03. The molecule has 1 saturated carbocycles. The number of nitrogens with one attached hydrogen (secondary N) is 1. The van der Waals surface area contributed by atoms with Crippen LogP contribution in [0.5, 0.6) is 0 Å². The molecule has 0 amide bonds. The van der Waals surface area contributed by atoms with E-state index in [1.54, 1.807) is 0 Å². The van der Waals surface area contributed by atoms with Crippen LogP contribution in [0.15, 0.2) is 42.7 Å². The second-order valence-corrected chi connectivity index (χ2v) is 8.11. The summed E-state index contributed by atoms with van der Waals surface area (Å²) in [5.41, 5.74) is 4.34. The minimum Gasteiger partial charge on any atom is -0.378 e. The van der Waals surface area contributed by atoms with E-state index in [1.165, 1.54) is 23.7 Å². The molecule has 0 spiro atoms. The Hall–Kier alpha value is -3.19. The van der Waals surface area contributed by atoms with Crippen LogP contribution in [0.2, 0.25) is 0 Å². The zero-order valence-corrected chi connectivity index (χ0v) is 17.0. The first-order valence-corrected chi connectivity index (χ1v) is 10.6. The van der Waals surface area contributed by atoms with Gasteiger partial charge >= 0.3 is 0 Å². The first-order valence-electron chi connectivity index (χ1n) is 10.6. The molecule has 1 aliphatic heterocycles. The zero-order chi connectivity index (χ0) is 20.1. The predicted octanol–water partition coefficient (Wildman–Crippen LogP) is 4.20. The molecule has 1 aromatic carbocycles. The number of pyridine rings is 1. The summed E-state index contributed by atoms with van der Waals surface area (Å²) in [4.78, 5) is 16.5. The third kappa shape index (κ3) is 3.06. The van der Waals surface area contributed by atoms with Crippen molar-refractivity contribution < 1.29 is 4.74 Å². The molecule has 0 atom stereocenters. The van der Waals surface area contributed by atoms with E-state index in [0.717, 1.165) is 54.4 Å². The highest BCUT2D eigenvalue weighted by atomic mass is 16.5. The number of morpholine rings is 1. The maximum Gasteiger partial charge on any atom is 0.228 e. The van der Waals surface area contributed by atoms with Crippen LogP contribution in [0.1, 0.15) is 24.6 Å². The standard InChI is InChI=1S/C23H24N6O/c1-15-19(28-10-12-30-13-11-28)6-7-20(25-15)26-23-24-14-17-3-2-16-8-9-29(18-4-5-18)22(16)21(17)27-23/h2-3,6-9,14,18H,4-5,10-13H2,1H3,(H,24,25,26,27). The highest BCUT2D eigenvalue weighted by Gasteiger charge is 2.25. The first kappa shape index (κ1) is 17.7. The second-order valence-electron chi connectivity index (χ2n) is 8.11. The van der Waals surface area contributed by atoms with Crippen molar-refractivity contribution in [1.82, 2.24) is 19.5 Å². The number of hydrogen-bond donors (Lipinski definition) is 1. The van der Waals surface area contributed by atoms with Crippen molar-refractivity contribution in [2.75, 3.05) is 36.5 Å². The lowest BCUT2D eigenvalue weighted by Gasteiger charge is -2.29. The fourth-order valence-electron chi connectivity index (χ4n) is 4.33. The van der Waals surface area contributed by atoms with Crippen molar-refractivity contribution in [2.45, 2.75) is 25.8 Å². The van der Waals surface area contributed by atoms with Gasteiger partial charge in [-0.25, -0.2) is 15.0 Å². The Kier molecular flexibility index (Phi) is 4.09. The molecule has 2 fully saturated rings. The molecule has 2 aliphatic rings. The number of aromatic nitrogens is 4. The van der Waals surface area contributed by atoms with E-state index in [-0.39, 0.29) is 0 Å². The van der Waals surface area contributed by atoms with Gasteiger partial charge in [0, 0.05) is 42.3 Å². The van der Waals surface area contributed by atoms with Gasteiger partial charge in [0.15, 0.2) is 0 Å². The molecule has 1 aliphatic carbocycles. The van der Waals surface area contributed by atoms with Crippen LogP contribution < -0.4 is 10.2 Å². The summed E-state index contributed by atoms with van der Waals surface area (Å²) in [5.74, 6) is 1.33. The molecular weight excluding hydrogens is 376 g/mol. The molecule has 30 heavy (non-hydrogen) atoms. The average molecular weight is 400 g/mol. The number of fused-ring (bicyclic) bond motifs is 3. The van der Waals surface area contributed by atoms with E-state index in [1.807, 2.05) is 19.2 Å². The summed E-state index contributed by atoms with van der Waals surface area (Å²) in [6, 6.07) is 11.2. The smallest absolute Gasteiger partial charge is 0.228 e. The Morgan fingerprint density at radius 3 is 2.63 bits per heavy atom. The van der Waals surface area contributed by atoms with E-state index in [2.05, 4.69) is 50.2 Å². The minimum absolute atomic E-state index is 0.574. The van der Waals surface area contributed by atoms with Crippen molar-refractivity contribution in [3.63, 3.8) is 0 Å². The van der Waals surface area contributed by atoms with Gasteiger partial charge in [0.1, 0.15) is 11.3 Å². The number of rotatable bonds is 4. The Labute approximate surface area is 174 Å². The molecule has 0 bridgehead atoms. The number of benzene rings is 1. The summed E-state index contributed by atoms with van der Waals surface area (Å²) < 4.78 is 7.83. The van der Waals surface area contributed by atoms with Crippen LogP contribution in [-0.2, 0) is 4.74 Å². The van der Waals surface area contributed by atoms with Gasteiger partial charge in [-0.15, -0.1) is 0 Å². The van der Waals surface area contributed by atoms with Gasteiger partial charge in [0.25, 0.3) is 0 Å². The van der Waals surface area contributed by atoms with Crippen LogP contribution in [0.4, 0.5) is 17.5 Å². The Morgan fingerprint density at radius 1 is 1.00 bits per heavy atom. The maximum atomic E-state index is 5.46. The molecular formula is C23H24N6O. The zero-order valence-electron chi connectivity index (χ0n) is 17.0. The Bertz CT molecular complexity index is 1240. The molecule has 7 nitrogen and oxygen atoms in total. The Morgan fingerprint density at radius 2 is 1.83 bits per heavy atom. The Balaban J connectivity index is 1.34. The fraction of sp³-hybridized carbons (Fsp3) is 0.348. The second kappa shape index (κ2) is 6.95. The van der Waals surface area contributed by atoms with Crippen LogP contribution in [0, 0.1) is 6.92 Å². The van der Waals surface area contributed by atoms with Crippen LogP contribution in [0.25, 0.3) is 21.8 Å². The number of nitrogens with zero attached hydrogens (tertiary/aromatic N) is 5. The molecule has 7 heteroatoms. The average Bonchev–Trinajstić information content (AvgIpc) is 3.52. The normalized spacial score (nSPS) is 17.0. The first-order chi connectivity index (χ1) is 14.8. The molecule has 4 heterocycles. The van der Waals surface area contributed by atoms with E-state index in [0.29, 0.717) is 12.0 Å². The van der Waals surface area contributed by atoms with Gasteiger partial charge in [-0.3, -0.25) is 0 Å². The summed E-state index contributed by atoms with van der Waals surface area (Å²) in [6.07, 6.45) is 6.57. The molecule has 4 aromatic rings. The van der Waals surface area contributed by atoms with Gasteiger partial charge in [-0.2, -0.15) is 0 Å². The predicted molar refractivity (Wildman–Crippen MR) is 119 cm³/mol. The third-order valence-corrected chi connectivity index (χ3v) is 6.02. The molecule has 0 unspecified atom stereocenters. The van der Waals surface area contributed by atoms with Crippen molar-refractivity contribution in [2.24, 2.45) is 0 Å². The summed E-state index contributed by atoms with van der Waals surface area (Å²) in [6.45, 7) is 5.38. The van der Waals surface area contributed by atoms with Crippen LogP contribution in [0.3, 0.4) is 0 Å². The van der Waals surface area contributed by atoms with Crippen LogP contribution in [-0.4, -0.2) is 45.8 Å². The third-order valence-electron chi connectivity index (χ3n) is 6.02. The molecule has 0 radical (unpaired) electrons. The highest BCUT2D eigenvalue weighted by Crippen LogP contribution is 2.39. The lowest BCUT2D eigenvalue weighted by atomic mass is 10.2. The van der Waals surface area contributed by atoms with Crippen molar-refractivity contribution >= 4 is 39.3 Å². The molecule has 1 N–H and O–H groups in total. The van der Waals surface area contributed by atoms with Gasteiger partial charge in [0.2, 0.25) is 5.95 Å². The van der Waals surface area contributed by atoms with E-state index >= 15 is 0 Å². The van der Waals surface area contributed by atoms with Crippen molar-refractivity contribution in [1.29, 1.82) is 0 Å². The summed E-state index contributed by atoms with van der Waals surface area (Å²) in [5, 5.41) is 5.58. The quantitative estimate of drug-likeness (QED) is 0.554. The fourth-order valence-corrected chi connectivity index (χ4v) is 4.33. The van der Waals surface area contributed by atoms with E-state index < -0.39 is 0 Å². The van der Waals surface area contributed by atoms with E-state index in [9.17, 15) is 0 Å². The molecule has 3 aromatic heterocycles. The minimum atomic E-state index is 0.574. The van der Waals surface area contributed by atoms with Crippen molar-refractivity contribution in [3.8, 4) is 0 Å². The number of hydrogen-bond acceptors (Lipinski definition) is 6. The summed E-state index contributed by atoms with van der Waals surface area (Å²) in [7, 11) is 0. The molecule has 6 rings (SSSR count). The lowest BCUT2D eigenvalue weighted by molar-refractivity contribution is 0.122. The SMILES string of the molecule is Cc1nc(Nc2ncc3ccc4ccn(C5CC5)c4c3n2)ccc1N1CCOCC1. The lowest BCUT2D eigenvalue weighted by Crippen LogP contribution is -2.36. The number of anilines is 3. The van der Waals surface area contributed by atoms with Gasteiger partial charge in [-0.1, -0.05) is 12.1 Å². The van der Waals surface area contributed by atoms with Gasteiger partial charge in [0.05, 0.1) is 30.1 Å². The van der Waals surface area contributed by atoms with Gasteiger partial charge in [-0.05, 0) is 38.0 Å². The summed E-state index contributed by atoms with van der Waals surface area (Å²) >= 11 is 0. The molecule has 152 valence electrons. The number of aryl methyl sites for hydroxylation is 1. The topological polar surface area (TPSA) is 68.1 Å². The monoisotopic (exact) mass is 400 g/mol. The largest absolute Gasteiger partial charge is 0.378 e. The van der Waals surface area contributed by atoms with Gasteiger partial charge < -0.3 is 19.5 Å². The van der Waals surface area contributed by atoms with Crippen LogP contribution >= 0.6 is 0 Å². The van der Waals surface area contributed by atoms with Crippen molar-refractivity contribution in [3.05, 3.63) is 48.4 Å². The van der Waals surface area contributed by atoms with E-state index in [4.69, 9.17) is 14.7 Å². The maximum absolute atomic E-state index is 5.46. The molecule has 1 saturated heterocycles. The number of ether oxygens (including phenoxy) is 1.